The van der Waals surface area contributed by atoms with Gasteiger partial charge in [-0.05, 0) is 62.5 Å². The highest BCUT2D eigenvalue weighted by atomic mass is 16.1. The molecule has 2 saturated carbocycles. The third-order valence-electron chi connectivity index (χ3n) is 7.81. The zero-order valence-corrected chi connectivity index (χ0v) is 18.1. The maximum Gasteiger partial charge on any atom is 0.132 e. The van der Waals surface area contributed by atoms with E-state index in [4.69, 9.17) is 0 Å². The van der Waals surface area contributed by atoms with Crippen LogP contribution >= 0.6 is 0 Å². The SMILES string of the molecule is O=C1CCCC(c2ccccc2)(C2(c3ccccc3)CCCC(=O)CCC2)CCC1. The molecular formula is C28H34O2. The fourth-order valence-corrected chi connectivity index (χ4v) is 6.45. The van der Waals surface area contributed by atoms with Gasteiger partial charge in [-0.15, -0.1) is 0 Å². The second kappa shape index (κ2) is 9.29. The smallest absolute Gasteiger partial charge is 0.132 e. The molecule has 30 heavy (non-hydrogen) atoms. The second-order valence-electron chi connectivity index (χ2n) is 9.39. The number of rotatable bonds is 3. The highest BCUT2D eigenvalue weighted by molar-refractivity contribution is 5.79. The van der Waals surface area contributed by atoms with E-state index >= 15 is 0 Å². The van der Waals surface area contributed by atoms with Crippen molar-refractivity contribution in [2.24, 2.45) is 0 Å². The van der Waals surface area contributed by atoms with Gasteiger partial charge in [-0.3, -0.25) is 9.59 Å². The first-order valence-electron chi connectivity index (χ1n) is 11.8. The zero-order chi connectivity index (χ0) is 20.9. The summed E-state index contributed by atoms with van der Waals surface area (Å²) in [6.45, 7) is 0. The fraction of sp³-hybridized carbons (Fsp3) is 0.500. The molecule has 2 aromatic rings. The lowest BCUT2D eigenvalue weighted by atomic mass is 9.49. The van der Waals surface area contributed by atoms with Gasteiger partial charge in [-0.1, -0.05) is 60.7 Å². The van der Waals surface area contributed by atoms with Crippen LogP contribution in [-0.4, -0.2) is 11.6 Å². The number of carbonyl (C=O) groups is 2. The van der Waals surface area contributed by atoms with Crippen molar-refractivity contribution in [3.05, 3.63) is 71.8 Å². The molecule has 0 spiro atoms. The number of carbonyl (C=O) groups excluding carboxylic acids is 2. The van der Waals surface area contributed by atoms with E-state index in [1.165, 1.54) is 11.1 Å². The topological polar surface area (TPSA) is 34.1 Å². The van der Waals surface area contributed by atoms with Crippen LogP contribution in [0.1, 0.15) is 88.2 Å². The van der Waals surface area contributed by atoms with Crippen molar-refractivity contribution in [3.8, 4) is 0 Å². The number of Topliss-reactive ketones (excluding diaryl/α,β-unsaturated/α-hetero) is 2. The molecule has 0 N–H and O–H groups in total. The van der Waals surface area contributed by atoms with Crippen LogP contribution in [0.4, 0.5) is 0 Å². The molecule has 0 saturated heterocycles. The maximum atomic E-state index is 12.2. The van der Waals surface area contributed by atoms with Gasteiger partial charge in [0.15, 0.2) is 0 Å². The van der Waals surface area contributed by atoms with Crippen molar-refractivity contribution in [2.45, 2.75) is 87.9 Å². The molecule has 2 nitrogen and oxygen atoms in total. The summed E-state index contributed by atoms with van der Waals surface area (Å²) in [7, 11) is 0. The number of hydrogen-bond donors (Lipinski definition) is 0. The Hall–Kier alpha value is -2.22. The van der Waals surface area contributed by atoms with E-state index in [-0.39, 0.29) is 10.8 Å². The van der Waals surface area contributed by atoms with Crippen LogP contribution in [0.25, 0.3) is 0 Å². The van der Waals surface area contributed by atoms with Crippen molar-refractivity contribution in [1.29, 1.82) is 0 Å². The minimum Gasteiger partial charge on any atom is -0.300 e. The van der Waals surface area contributed by atoms with Gasteiger partial charge in [0.2, 0.25) is 0 Å². The Labute approximate surface area is 181 Å². The molecule has 0 aliphatic heterocycles. The van der Waals surface area contributed by atoms with Crippen molar-refractivity contribution >= 4 is 11.6 Å². The third-order valence-corrected chi connectivity index (χ3v) is 7.81. The predicted molar refractivity (Wildman–Crippen MR) is 122 cm³/mol. The average molecular weight is 403 g/mol. The van der Waals surface area contributed by atoms with Crippen molar-refractivity contribution in [1.82, 2.24) is 0 Å². The molecular weight excluding hydrogens is 368 g/mol. The van der Waals surface area contributed by atoms with Crippen LogP contribution in [0, 0.1) is 0 Å². The van der Waals surface area contributed by atoms with Gasteiger partial charge in [0.25, 0.3) is 0 Å². The van der Waals surface area contributed by atoms with Gasteiger partial charge in [-0.25, -0.2) is 0 Å². The summed E-state index contributed by atoms with van der Waals surface area (Å²) in [4.78, 5) is 24.4. The summed E-state index contributed by atoms with van der Waals surface area (Å²) in [5.41, 5.74) is 2.87. The molecule has 0 amide bonds. The van der Waals surface area contributed by atoms with Gasteiger partial charge in [0.1, 0.15) is 11.6 Å². The highest BCUT2D eigenvalue weighted by Crippen LogP contribution is 2.57. The molecule has 2 aromatic carbocycles. The zero-order valence-electron chi connectivity index (χ0n) is 18.1. The van der Waals surface area contributed by atoms with Gasteiger partial charge in [-0.2, -0.15) is 0 Å². The van der Waals surface area contributed by atoms with E-state index in [1.807, 2.05) is 0 Å². The Morgan fingerprint density at radius 1 is 0.467 bits per heavy atom. The molecule has 0 heterocycles. The third kappa shape index (κ3) is 4.02. The molecule has 0 unspecified atom stereocenters. The molecule has 0 radical (unpaired) electrons. The molecule has 2 heteroatoms. The normalized spacial score (nSPS) is 22.4. The maximum absolute atomic E-state index is 12.2. The minimum atomic E-state index is 0.0106. The lowest BCUT2D eigenvalue weighted by molar-refractivity contribution is -0.121. The largest absolute Gasteiger partial charge is 0.300 e. The van der Waals surface area contributed by atoms with Crippen molar-refractivity contribution in [3.63, 3.8) is 0 Å². The standard InChI is InChI=1S/C28H34O2/c29-25-15-7-19-27(20-8-16-25,23-11-3-1-4-12-23)28(24-13-5-2-6-14-24)21-9-17-26(30)18-10-22-28/h1-6,11-14H,7-10,15-22H2. The van der Waals surface area contributed by atoms with Crippen molar-refractivity contribution in [2.75, 3.05) is 0 Å². The van der Waals surface area contributed by atoms with Crippen LogP contribution in [0.3, 0.4) is 0 Å². The quantitative estimate of drug-likeness (QED) is 0.572. The van der Waals surface area contributed by atoms with Crippen LogP contribution in [-0.2, 0) is 20.4 Å². The highest BCUT2D eigenvalue weighted by Gasteiger charge is 2.52. The molecule has 4 rings (SSSR count). The van der Waals surface area contributed by atoms with Crippen LogP contribution in [0.15, 0.2) is 60.7 Å². The molecule has 2 aliphatic rings. The molecule has 2 aliphatic carbocycles. The van der Waals surface area contributed by atoms with E-state index in [0.717, 1.165) is 51.4 Å². The summed E-state index contributed by atoms with van der Waals surface area (Å²) in [5.74, 6) is 0.849. The first-order valence-corrected chi connectivity index (χ1v) is 11.8. The monoisotopic (exact) mass is 402 g/mol. The van der Waals surface area contributed by atoms with Gasteiger partial charge >= 0.3 is 0 Å². The van der Waals surface area contributed by atoms with Crippen molar-refractivity contribution < 1.29 is 9.59 Å². The number of benzene rings is 2. The first-order chi connectivity index (χ1) is 14.7. The average Bonchev–Trinajstić information content (AvgIpc) is 2.75. The molecule has 2 fully saturated rings. The summed E-state index contributed by atoms with van der Waals surface area (Å²) >= 11 is 0. The van der Waals surface area contributed by atoms with Gasteiger partial charge in [0, 0.05) is 36.5 Å². The Morgan fingerprint density at radius 3 is 1.07 bits per heavy atom. The lowest BCUT2D eigenvalue weighted by Crippen LogP contribution is -2.50. The second-order valence-corrected chi connectivity index (χ2v) is 9.39. The summed E-state index contributed by atoms with van der Waals surface area (Å²) < 4.78 is 0. The van der Waals surface area contributed by atoms with E-state index in [9.17, 15) is 9.59 Å². The van der Waals surface area contributed by atoms with Crippen LogP contribution in [0.5, 0.6) is 0 Å². The molecule has 158 valence electrons. The van der Waals surface area contributed by atoms with E-state index in [1.54, 1.807) is 0 Å². The molecule has 0 aromatic heterocycles. The van der Waals surface area contributed by atoms with Gasteiger partial charge < -0.3 is 0 Å². The van der Waals surface area contributed by atoms with Crippen LogP contribution in [0.2, 0.25) is 0 Å². The van der Waals surface area contributed by atoms with E-state index in [0.29, 0.717) is 37.2 Å². The van der Waals surface area contributed by atoms with Gasteiger partial charge in [0.05, 0.1) is 0 Å². The summed E-state index contributed by atoms with van der Waals surface area (Å²) in [6, 6.07) is 22.2. The summed E-state index contributed by atoms with van der Waals surface area (Å²) in [6.07, 6.45) is 10.9. The van der Waals surface area contributed by atoms with Crippen LogP contribution < -0.4 is 0 Å². The molecule has 0 bridgehead atoms. The van der Waals surface area contributed by atoms with E-state index < -0.39 is 0 Å². The Morgan fingerprint density at radius 2 is 0.767 bits per heavy atom. The Balaban J connectivity index is 1.89. The molecule has 0 atom stereocenters. The first kappa shape index (κ1) is 21.0. The number of hydrogen-bond acceptors (Lipinski definition) is 2. The Bertz CT molecular complexity index is 755. The summed E-state index contributed by atoms with van der Waals surface area (Å²) in [5, 5.41) is 0. The Kier molecular flexibility index (Phi) is 6.51. The van der Waals surface area contributed by atoms with E-state index in [2.05, 4.69) is 60.7 Å². The number of ketones is 2. The predicted octanol–water partition coefficient (Wildman–Crippen LogP) is 6.71. The lowest BCUT2D eigenvalue weighted by Gasteiger charge is -2.54. The fourth-order valence-electron chi connectivity index (χ4n) is 6.45. The minimum absolute atomic E-state index is 0.0106.